The van der Waals surface area contributed by atoms with Crippen LogP contribution in [0.4, 0.5) is 4.39 Å². The van der Waals surface area contributed by atoms with E-state index in [0.29, 0.717) is 5.69 Å². The lowest BCUT2D eigenvalue weighted by atomic mass is 10.1. The topological polar surface area (TPSA) is 59.7 Å². The van der Waals surface area contributed by atoms with E-state index in [0.717, 1.165) is 24.1 Å². The molecule has 0 radical (unpaired) electrons. The summed E-state index contributed by atoms with van der Waals surface area (Å²) < 4.78 is 20.5. The Hall–Kier alpha value is -1.53. The molecule has 96 valence electrons. The number of hydrogen-bond acceptors (Lipinski definition) is 4. The molecule has 1 fully saturated rings. The van der Waals surface area contributed by atoms with Gasteiger partial charge in [0.15, 0.2) is 0 Å². The van der Waals surface area contributed by atoms with Crippen LogP contribution in [0.15, 0.2) is 12.1 Å². The zero-order valence-corrected chi connectivity index (χ0v) is 10.0. The van der Waals surface area contributed by atoms with Gasteiger partial charge in [0.25, 0.3) is 0 Å². The highest BCUT2D eigenvalue weighted by Crippen LogP contribution is 2.33. The Morgan fingerprint density at radius 2 is 2.33 bits per heavy atom. The van der Waals surface area contributed by atoms with E-state index in [2.05, 4.69) is 10.1 Å². The molecule has 6 heteroatoms. The second-order valence-electron chi connectivity index (χ2n) is 4.53. The number of aliphatic hydroxyl groups excluding tert-OH is 1. The van der Waals surface area contributed by atoms with Crippen LogP contribution < -0.4 is 0 Å². The molecule has 18 heavy (non-hydrogen) atoms. The van der Waals surface area contributed by atoms with Crippen LogP contribution >= 0.6 is 0 Å². The minimum Gasteiger partial charge on any atom is -0.394 e. The number of ether oxygens (including phenoxy) is 1. The van der Waals surface area contributed by atoms with Crippen molar-refractivity contribution in [2.45, 2.75) is 32.0 Å². The molecule has 1 aliphatic heterocycles. The maximum atomic E-state index is 13.3. The number of fused-ring (bicyclic) bond motifs is 1. The van der Waals surface area contributed by atoms with E-state index in [1.807, 2.05) is 12.1 Å². The molecule has 0 bridgehead atoms. The zero-order valence-electron chi connectivity index (χ0n) is 10.0. The molecule has 1 aliphatic rings. The molecule has 0 saturated carbocycles. The lowest BCUT2D eigenvalue weighted by molar-refractivity contribution is 0.00848. The van der Waals surface area contributed by atoms with Crippen molar-refractivity contribution in [3.8, 4) is 0 Å². The number of aliphatic hydroxyl groups is 1. The fraction of sp³-hybridized carbons (Fsp3) is 0.500. The third kappa shape index (κ3) is 1.77. The summed E-state index contributed by atoms with van der Waals surface area (Å²) in [6.07, 6.45) is 0.601. The van der Waals surface area contributed by atoms with Crippen LogP contribution in [0.3, 0.4) is 0 Å². The largest absolute Gasteiger partial charge is 0.394 e. The van der Waals surface area contributed by atoms with Crippen molar-refractivity contribution in [3.05, 3.63) is 29.6 Å². The Kier molecular flexibility index (Phi) is 2.76. The van der Waals surface area contributed by atoms with Crippen molar-refractivity contribution in [2.75, 3.05) is 6.61 Å². The smallest absolute Gasteiger partial charge is 0.326 e. The zero-order chi connectivity index (χ0) is 12.7. The van der Waals surface area contributed by atoms with Gasteiger partial charge in [0.05, 0.1) is 29.6 Å². The van der Waals surface area contributed by atoms with Gasteiger partial charge in [0, 0.05) is 0 Å². The molecule has 0 spiro atoms. The molecule has 5 nitrogen and oxygen atoms in total. The van der Waals surface area contributed by atoms with Crippen LogP contribution in [0.25, 0.3) is 5.52 Å². The summed E-state index contributed by atoms with van der Waals surface area (Å²) in [4.78, 5) is 3.69. The minimum atomic E-state index is -0.742. The number of aryl methyl sites for hydroxylation is 1. The van der Waals surface area contributed by atoms with Gasteiger partial charge in [-0.3, -0.25) is 0 Å². The Labute approximate surface area is 103 Å². The van der Waals surface area contributed by atoms with Crippen LogP contribution in [0.5, 0.6) is 0 Å². The van der Waals surface area contributed by atoms with Crippen molar-refractivity contribution in [2.24, 2.45) is 0 Å². The van der Waals surface area contributed by atoms with Crippen LogP contribution in [-0.4, -0.2) is 32.4 Å². The SMILES string of the molecule is Cc1nc(F)nn2c(C3CC[C@@H](CO)O3)ccc12. The van der Waals surface area contributed by atoms with E-state index in [4.69, 9.17) is 9.84 Å². The van der Waals surface area contributed by atoms with Crippen molar-refractivity contribution in [1.82, 2.24) is 14.6 Å². The highest BCUT2D eigenvalue weighted by Gasteiger charge is 2.28. The fourth-order valence-electron chi connectivity index (χ4n) is 2.43. The Morgan fingerprint density at radius 3 is 3.06 bits per heavy atom. The van der Waals surface area contributed by atoms with Gasteiger partial charge in [-0.05, 0) is 31.9 Å². The molecule has 3 rings (SSSR count). The number of halogens is 1. The van der Waals surface area contributed by atoms with Gasteiger partial charge in [-0.15, -0.1) is 5.10 Å². The van der Waals surface area contributed by atoms with Crippen LogP contribution in [-0.2, 0) is 4.74 Å². The summed E-state index contributed by atoms with van der Waals surface area (Å²) in [5.41, 5.74) is 2.19. The Bertz CT molecular complexity index is 584. The first-order chi connectivity index (χ1) is 8.69. The first-order valence-corrected chi connectivity index (χ1v) is 5.97. The Balaban J connectivity index is 2.03. The van der Waals surface area contributed by atoms with Crippen LogP contribution in [0.1, 0.15) is 30.3 Å². The normalized spacial score (nSPS) is 23.9. The first-order valence-electron chi connectivity index (χ1n) is 5.97. The molecule has 2 aromatic heterocycles. The molecule has 0 amide bonds. The molecule has 1 unspecified atom stereocenters. The third-order valence-corrected chi connectivity index (χ3v) is 3.34. The standard InChI is InChI=1S/C12H14FN3O2/c1-7-9-3-4-10(16(9)15-12(13)14-7)11-5-2-8(6-17)18-11/h3-4,8,11,17H,2,5-6H2,1H3/t8-,11?/m0/s1. The predicted octanol–water partition coefficient (Wildman–Crippen LogP) is 1.39. The summed E-state index contributed by atoms with van der Waals surface area (Å²) in [6.45, 7) is 1.76. The number of aromatic nitrogens is 3. The van der Waals surface area contributed by atoms with Crippen molar-refractivity contribution in [1.29, 1.82) is 0 Å². The second-order valence-corrected chi connectivity index (χ2v) is 4.53. The molecule has 0 aliphatic carbocycles. The number of nitrogens with zero attached hydrogens (tertiary/aromatic N) is 3. The average Bonchev–Trinajstić information content (AvgIpc) is 2.93. The quantitative estimate of drug-likeness (QED) is 0.876. The molecule has 2 atom stereocenters. The molecule has 1 saturated heterocycles. The van der Waals surface area contributed by atoms with Gasteiger partial charge >= 0.3 is 6.08 Å². The van der Waals surface area contributed by atoms with Gasteiger partial charge in [-0.2, -0.15) is 4.39 Å². The molecular formula is C12H14FN3O2. The second kappa shape index (κ2) is 4.29. The highest BCUT2D eigenvalue weighted by molar-refractivity contribution is 5.52. The summed E-state index contributed by atoms with van der Waals surface area (Å²) in [5.74, 6) is 0. The maximum absolute atomic E-state index is 13.3. The van der Waals surface area contributed by atoms with Gasteiger partial charge < -0.3 is 9.84 Å². The van der Waals surface area contributed by atoms with E-state index in [1.165, 1.54) is 0 Å². The average molecular weight is 251 g/mol. The number of rotatable bonds is 2. The summed E-state index contributed by atoms with van der Waals surface area (Å²) in [6, 6.07) is 3.74. The van der Waals surface area contributed by atoms with Crippen LogP contribution in [0, 0.1) is 13.0 Å². The molecular weight excluding hydrogens is 237 g/mol. The molecule has 0 aromatic carbocycles. The van der Waals surface area contributed by atoms with E-state index < -0.39 is 6.08 Å². The van der Waals surface area contributed by atoms with Crippen molar-refractivity contribution >= 4 is 5.52 Å². The van der Waals surface area contributed by atoms with E-state index in [-0.39, 0.29) is 18.8 Å². The van der Waals surface area contributed by atoms with Crippen LogP contribution in [0.2, 0.25) is 0 Å². The van der Waals surface area contributed by atoms with Crippen molar-refractivity contribution in [3.63, 3.8) is 0 Å². The molecule has 3 heterocycles. The van der Waals surface area contributed by atoms with Crippen molar-refractivity contribution < 1.29 is 14.2 Å². The van der Waals surface area contributed by atoms with E-state index >= 15 is 0 Å². The summed E-state index contributed by atoms with van der Waals surface area (Å²) >= 11 is 0. The Morgan fingerprint density at radius 1 is 1.50 bits per heavy atom. The molecule has 1 N–H and O–H groups in total. The predicted molar refractivity (Wildman–Crippen MR) is 61.6 cm³/mol. The summed E-state index contributed by atoms with van der Waals surface area (Å²) in [5, 5.41) is 12.9. The lowest BCUT2D eigenvalue weighted by Gasteiger charge is -2.12. The minimum absolute atomic E-state index is 0.0161. The van der Waals surface area contributed by atoms with Gasteiger partial charge in [-0.1, -0.05) is 0 Å². The highest BCUT2D eigenvalue weighted by atomic mass is 19.1. The van der Waals surface area contributed by atoms with E-state index in [1.54, 1.807) is 11.4 Å². The maximum Gasteiger partial charge on any atom is 0.326 e. The monoisotopic (exact) mass is 251 g/mol. The number of hydrogen-bond donors (Lipinski definition) is 1. The lowest BCUT2D eigenvalue weighted by Crippen LogP contribution is -2.12. The van der Waals surface area contributed by atoms with Gasteiger partial charge in [0.2, 0.25) is 0 Å². The first kappa shape index (κ1) is 11.6. The van der Waals surface area contributed by atoms with Gasteiger partial charge in [-0.25, -0.2) is 9.50 Å². The fourth-order valence-corrected chi connectivity index (χ4v) is 2.43. The summed E-state index contributed by atoms with van der Waals surface area (Å²) in [7, 11) is 0. The van der Waals surface area contributed by atoms with Gasteiger partial charge in [0.1, 0.15) is 6.10 Å². The van der Waals surface area contributed by atoms with E-state index in [9.17, 15) is 4.39 Å². The molecule has 2 aromatic rings. The third-order valence-electron chi connectivity index (χ3n) is 3.34.